The summed E-state index contributed by atoms with van der Waals surface area (Å²) in [6.07, 6.45) is 5.26. The van der Waals surface area contributed by atoms with Crippen LogP contribution in [-0.2, 0) is 11.4 Å². The van der Waals surface area contributed by atoms with Crippen molar-refractivity contribution in [3.05, 3.63) is 41.9 Å². The highest BCUT2D eigenvalue weighted by Crippen LogP contribution is 2.40. The van der Waals surface area contributed by atoms with Crippen LogP contribution >= 0.6 is 0 Å². The molecule has 0 bridgehead atoms. The van der Waals surface area contributed by atoms with Gasteiger partial charge in [0.25, 0.3) is 0 Å². The topological polar surface area (TPSA) is 114 Å². The Morgan fingerprint density at radius 1 is 1.21 bits per heavy atom. The summed E-state index contributed by atoms with van der Waals surface area (Å²) in [5.74, 6) is 1.48. The molecule has 1 saturated heterocycles. The highest BCUT2D eigenvalue weighted by atomic mass is 32.2. The second-order valence-electron chi connectivity index (χ2n) is 7.78. The molecular formula is C20H26N6O2S. The van der Waals surface area contributed by atoms with Gasteiger partial charge in [0, 0.05) is 41.8 Å². The molecule has 2 aliphatic rings. The highest BCUT2D eigenvalue weighted by Gasteiger charge is 2.40. The van der Waals surface area contributed by atoms with E-state index in [1.165, 1.54) is 6.33 Å². The predicted octanol–water partition coefficient (Wildman–Crippen LogP) is 1.82. The number of hydrogen-bond acceptors (Lipinski definition) is 8. The van der Waals surface area contributed by atoms with Crippen molar-refractivity contribution in [1.29, 1.82) is 5.41 Å². The average Bonchev–Trinajstić information content (AvgIpc) is 3.45. The fourth-order valence-corrected chi connectivity index (χ4v) is 4.02. The maximum Gasteiger partial charge on any atom is 0.132 e. The average molecular weight is 415 g/mol. The van der Waals surface area contributed by atoms with Crippen molar-refractivity contribution in [2.75, 3.05) is 43.1 Å². The summed E-state index contributed by atoms with van der Waals surface area (Å²) in [6.45, 7) is 4.97. The number of nitrogens with two attached hydrogens (primary N) is 1. The molecule has 1 unspecified atom stereocenters. The summed E-state index contributed by atoms with van der Waals surface area (Å²) in [6, 6.07) is 7.25. The van der Waals surface area contributed by atoms with Gasteiger partial charge in [-0.1, -0.05) is 0 Å². The van der Waals surface area contributed by atoms with Gasteiger partial charge >= 0.3 is 0 Å². The van der Waals surface area contributed by atoms with E-state index in [0.29, 0.717) is 30.0 Å². The lowest BCUT2D eigenvalue weighted by Gasteiger charge is -2.34. The highest BCUT2D eigenvalue weighted by molar-refractivity contribution is 7.88. The first kappa shape index (κ1) is 19.9. The van der Waals surface area contributed by atoms with E-state index >= 15 is 0 Å². The van der Waals surface area contributed by atoms with Crippen LogP contribution in [0.2, 0.25) is 0 Å². The van der Waals surface area contributed by atoms with Crippen molar-refractivity contribution in [3.63, 3.8) is 0 Å². The van der Waals surface area contributed by atoms with Crippen molar-refractivity contribution in [2.45, 2.75) is 25.4 Å². The minimum atomic E-state index is -0.954. The van der Waals surface area contributed by atoms with E-state index in [1.54, 1.807) is 12.3 Å². The summed E-state index contributed by atoms with van der Waals surface area (Å²) in [5.41, 5.74) is 7.92. The first-order valence-electron chi connectivity index (χ1n) is 9.68. The Morgan fingerprint density at radius 2 is 1.93 bits per heavy atom. The minimum absolute atomic E-state index is 0.0953. The number of ether oxygens (including phenoxy) is 1. The van der Waals surface area contributed by atoms with Crippen molar-refractivity contribution in [3.8, 4) is 5.75 Å². The SMILES string of the molecule is C[S+]([O-])N1CCN(c2cc(C(=N)c3cc(OC4(C)CC4)ccc3N)ncn2)CC1. The van der Waals surface area contributed by atoms with Crippen LogP contribution in [0.4, 0.5) is 11.5 Å². The van der Waals surface area contributed by atoms with Crippen LogP contribution in [0.15, 0.2) is 30.6 Å². The summed E-state index contributed by atoms with van der Waals surface area (Å²) in [4.78, 5) is 10.8. The zero-order chi connectivity index (χ0) is 20.6. The smallest absolute Gasteiger partial charge is 0.132 e. The third kappa shape index (κ3) is 4.47. The van der Waals surface area contributed by atoms with Crippen LogP contribution in [0.5, 0.6) is 5.75 Å². The summed E-state index contributed by atoms with van der Waals surface area (Å²) in [7, 11) is 0. The minimum Gasteiger partial charge on any atom is -0.598 e. The molecule has 1 aromatic heterocycles. The standard InChI is InChI=1S/C20H26N6O2S/c1-20(5-6-20)28-14-3-4-16(21)15(11-14)19(22)17-12-18(24-13-23-17)25-7-9-26(10-8-25)29(2)27/h3-4,11-13,22H,5-10,21H2,1-2H3. The van der Waals surface area contributed by atoms with Crippen LogP contribution in [0, 0.1) is 5.41 Å². The summed E-state index contributed by atoms with van der Waals surface area (Å²) >= 11 is -0.954. The molecule has 1 saturated carbocycles. The lowest BCUT2D eigenvalue weighted by Crippen LogP contribution is -2.48. The first-order valence-corrected chi connectivity index (χ1v) is 11.2. The number of rotatable bonds is 6. The molecule has 0 spiro atoms. The van der Waals surface area contributed by atoms with Crippen molar-refractivity contribution in [1.82, 2.24) is 14.3 Å². The monoisotopic (exact) mass is 414 g/mol. The number of anilines is 2. The lowest BCUT2D eigenvalue weighted by atomic mass is 10.0. The molecule has 29 heavy (non-hydrogen) atoms. The van der Waals surface area contributed by atoms with Gasteiger partial charge in [0.2, 0.25) is 0 Å². The molecule has 0 amide bonds. The van der Waals surface area contributed by atoms with Crippen molar-refractivity contribution in [2.24, 2.45) is 0 Å². The molecule has 8 nitrogen and oxygen atoms in total. The Labute approximate surface area is 173 Å². The summed E-state index contributed by atoms with van der Waals surface area (Å²) < 4.78 is 19.6. The van der Waals surface area contributed by atoms with E-state index in [2.05, 4.69) is 21.8 Å². The number of hydrogen-bond donors (Lipinski definition) is 2. The summed E-state index contributed by atoms with van der Waals surface area (Å²) in [5, 5.41) is 8.66. The Morgan fingerprint density at radius 3 is 2.59 bits per heavy atom. The van der Waals surface area contributed by atoms with Crippen LogP contribution < -0.4 is 15.4 Å². The van der Waals surface area contributed by atoms with Crippen LogP contribution in [0.3, 0.4) is 0 Å². The molecule has 1 aliphatic carbocycles. The molecule has 1 atom stereocenters. The van der Waals surface area contributed by atoms with Crippen molar-refractivity contribution >= 4 is 28.6 Å². The first-order chi connectivity index (χ1) is 13.8. The normalized spacial score (nSPS) is 19.6. The van der Waals surface area contributed by atoms with E-state index in [4.69, 9.17) is 15.9 Å². The molecule has 2 fully saturated rings. The molecule has 1 aromatic carbocycles. The van der Waals surface area contributed by atoms with E-state index in [0.717, 1.165) is 37.5 Å². The van der Waals surface area contributed by atoms with Gasteiger partial charge in [-0.2, -0.15) is 0 Å². The van der Waals surface area contributed by atoms with Gasteiger partial charge in [0.05, 0.1) is 24.5 Å². The molecule has 2 aromatic rings. The maximum atomic E-state index is 11.6. The predicted molar refractivity (Wildman–Crippen MR) is 115 cm³/mol. The zero-order valence-electron chi connectivity index (χ0n) is 16.7. The van der Waals surface area contributed by atoms with E-state index in [-0.39, 0.29) is 11.3 Å². The number of aromatic nitrogens is 2. The van der Waals surface area contributed by atoms with Gasteiger partial charge in [-0.25, -0.2) is 9.97 Å². The molecule has 0 radical (unpaired) electrons. The van der Waals surface area contributed by atoms with Gasteiger partial charge in [-0.05, 0) is 38.0 Å². The Balaban J connectivity index is 1.52. The molecular weight excluding hydrogens is 388 g/mol. The Kier molecular flexibility index (Phi) is 5.37. The molecule has 3 N–H and O–H groups in total. The third-order valence-corrected chi connectivity index (χ3v) is 6.54. The van der Waals surface area contributed by atoms with Gasteiger partial charge in [0.15, 0.2) is 0 Å². The van der Waals surface area contributed by atoms with Crippen LogP contribution in [0.25, 0.3) is 0 Å². The maximum absolute atomic E-state index is 11.6. The zero-order valence-corrected chi connectivity index (χ0v) is 17.5. The number of benzene rings is 1. The number of nitrogens with one attached hydrogen (secondary N) is 1. The second-order valence-corrected chi connectivity index (χ2v) is 9.14. The van der Waals surface area contributed by atoms with Crippen LogP contribution in [0.1, 0.15) is 31.0 Å². The molecule has 1 aliphatic heterocycles. The molecule has 9 heteroatoms. The number of nitrogens with zero attached hydrogens (tertiary/aromatic N) is 4. The Bertz CT molecular complexity index is 910. The molecule has 154 valence electrons. The van der Waals surface area contributed by atoms with Crippen LogP contribution in [-0.4, -0.2) is 62.6 Å². The van der Waals surface area contributed by atoms with Gasteiger partial charge in [0.1, 0.15) is 29.8 Å². The number of nitrogen functional groups attached to an aromatic ring is 1. The van der Waals surface area contributed by atoms with E-state index < -0.39 is 11.4 Å². The lowest BCUT2D eigenvalue weighted by molar-refractivity contribution is 0.200. The third-order valence-electron chi connectivity index (χ3n) is 5.45. The van der Waals surface area contributed by atoms with Gasteiger partial charge < -0.3 is 19.9 Å². The Hall–Kier alpha value is -2.36. The number of piperazine rings is 1. The largest absolute Gasteiger partial charge is 0.598 e. The van der Waals surface area contributed by atoms with Crippen molar-refractivity contribution < 1.29 is 9.29 Å². The quantitative estimate of drug-likeness (QED) is 0.421. The van der Waals surface area contributed by atoms with E-state index in [1.807, 2.05) is 22.5 Å². The van der Waals surface area contributed by atoms with Gasteiger partial charge in [-0.3, -0.25) is 5.41 Å². The molecule has 2 heterocycles. The van der Waals surface area contributed by atoms with Gasteiger partial charge in [-0.15, -0.1) is 4.31 Å². The molecule has 4 rings (SSSR count). The fraction of sp³-hybridized carbons (Fsp3) is 0.450. The second kappa shape index (κ2) is 7.81. The van der Waals surface area contributed by atoms with E-state index in [9.17, 15) is 4.55 Å². The fourth-order valence-electron chi connectivity index (χ4n) is 3.35.